The van der Waals surface area contributed by atoms with E-state index in [1.54, 1.807) is 18.2 Å². The van der Waals surface area contributed by atoms with Crippen molar-refractivity contribution in [1.29, 1.82) is 0 Å². The number of carbonyl (C=O) groups is 2. The number of halogens is 1. The molecule has 2 amide bonds. The van der Waals surface area contributed by atoms with E-state index >= 15 is 0 Å². The molecule has 0 bridgehead atoms. The number of nitrogens with two attached hydrogens (primary N) is 1. The molecule has 0 saturated carbocycles. The summed E-state index contributed by atoms with van der Waals surface area (Å²) in [5, 5.41) is 0.838. The van der Waals surface area contributed by atoms with Crippen LogP contribution in [0.25, 0.3) is 22.0 Å². The van der Waals surface area contributed by atoms with Gasteiger partial charge in [0, 0.05) is 24.9 Å². The molecule has 1 fully saturated rings. The SMILES string of the molecule is NC(=O)c1cc(-c2ccc(F)cc2)c2ccc(CN3CCCCC3=O)cc2n1. The Labute approximate surface area is 162 Å². The van der Waals surface area contributed by atoms with Crippen LogP contribution >= 0.6 is 0 Å². The van der Waals surface area contributed by atoms with E-state index in [0.29, 0.717) is 18.5 Å². The molecule has 0 radical (unpaired) electrons. The molecule has 0 aliphatic carbocycles. The van der Waals surface area contributed by atoms with Gasteiger partial charge in [0.1, 0.15) is 11.5 Å². The maximum absolute atomic E-state index is 13.3. The molecule has 3 aromatic rings. The molecule has 0 atom stereocenters. The number of aromatic nitrogens is 1. The lowest BCUT2D eigenvalue weighted by atomic mass is 9.98. The fourth-order valence-electron chi connectivity index (χ4n) is 3.62. The first-order valence-electron chi connectivity index (χ1n) is 9.28. The Hall–Kier alpha value is -3.28. The van der Waals surface area contributed by atoms with Crippen LogP contribution in [0.1, 0.15) is 35.3 Å². The van der Waals surface area contributed by atoms with Crippen molar-refractivity contribution in [3.8, 4) is 11.1 Å². The second-order valence-electron chi connectivity index (χ2n) is 7.05. The number of nitrogens with zero attached hydrogens (tertiary/aromatic N) is 2. The van der Waals surface area contributed by atoms with E-state index in [9.17, 15) is 14.0 Å². The Morgan fingerprint density at radius 1 is 1.11 bits per heavy atom. The van der Waals surface area contributed by atoms with Crippen LogP contribution in [0.15, 0.2) is 48.5 Å². The van der Waals surface area contributed by atoms with Crippen molar-refractivity contribution in [2.24, 2.45) is 5.73 Å². The summed E-state index contributed by atoms with van der Waals surface area (Å²) in [5.41, 5.74) is 8.72. The molecule has 1 aliphatic rings. The number of hydrogen-bond donors (Lipinski definition) is 1. The summed E-state index contributed by atoms with van der Waals surface area (Å²) in [6.45, 7) is 1.27. The lowest BCUT2D eigenvalue weighted by Gasteiger charge is -2.26. The minimum Gasteiger partial charge on any atom is -0.364 e. The van der Waals surface area contributed by atoms with Crippen LogP contribution in [0.5, 0.6) is 0 Å². The highest BCUT2D eigenvalue weighted by Gasteiger charge is 2.19. The summed E-state index contributed by atoms with van der Waals surface area (Å²) in [7, 11) is 0. The normalized spacial score (nSPS) is 14.5. The van der Waals surface area contributed by atoms with E-state index in [1.807, 2.05) is 23.1 Å². The predicted molar refractivity (Wildman–Crippen MR) is 105 cm³/mol. The molecule has 0 unspecified atom stereocenters. The van der Waals surface area contributed by atoms with Gasteiger partial charge < -0.3 is 10.6 Å². The highest BCUT2D eigenvalue weighted by molar-refractivity contribution is 6.01. The average molecular weight is 377 g/mol. The van der Waals surface area contributed by atoms with Gasteiger partial charge in [0.2, 0.25) is 5.91 Å². The molecular weight excluding hydrogens is 357 g/mol. The Bertz CT molecular complexity index is 1060. The number of amides is 2. The predicted octanol–water partition coefficient (Wildman–Crippen LogP) is 3.65. The number of likely N-dealkylation sites (tertiary alicyclic amines) is 1. The van der Waals surface area contributed by atoms with Gasteiger partial charge in [0.05, 0.1) is 5.52 Å². The van der Waals surface area contributed by atoms with Gasteiger partial charge in [-0.05, 0) is 53.8 Å². The van der Waals surface area contributed by atoms with Gasteiger partial charge in [-0.1, -0.05) is 24.3 Å². The van der Waals surface area contributed by atoms with E-state index in [-0.39, 0.29) is 17.4 Å². The number of carbonyl (C=O) groups excluding carboxylic acids is 2. The molecule has 6 heteroatoms. The summed E-state index contributed by atoms with van der Waals surface area (Å²) in [5.74, 6) is -0.787. The van der Waals surface area contributed by atoms with E-state index in [2.05, 4.69) is 4.98 Å². The van der Waals surface area contributed by atoms with E-state index < -0.39 is 5.91 Å². The molecule has 1 aliphatic heterocycles. The molecule has 1 saturated heterocycles. The Morgan fingerprint density at radius 2 is 1.89 bits per heavy atom. The molecule has 4 rings (SSSR count). The van der Waals surface area contributed by atoms with Crippen LogP contribution in [-0.2, 0) is 11.3 Å². The fraction of sp³-hybridized carbons (Fsp3) is 0.227. The van der Waals surface area contributed by atoms with Gasteiger partial charge in [-0.15, -0.1) is 0 Å². The fourth-order valence-corrected chi connectivity index (χ4v) is 3.62. The topological polar surface area (TPSA) is 76.3 Å². The second kappa shape index (κ2) is 7.38. The summed E-state index contributed by atoms with van der Waals surface area (Å²) < 4.78 is 13.3. The van der Waals surface area contributed by atoms with Crippen molar-refractivity contribution in [2.75, 3.05) is 6.54 Å². The average Bonchev–Trinajstić information content (AvgIpc) is 2.69. The molecule has 28 heavy (non-hydrogen) atoms. The third-order valence-corrected chi connectivity index (χ3v) is 5.08. The maximum atomic E-state index is 13.3. The second-order valence-corrected chi connectivity index (χ2v) is 7.05. The first-order chi connectivity index (χ1) is 13.5. The van der Waals surface area contributed by atoms with Crippen LogP contribution in [0.3, 0.4) is 0 Å². The van der Waals surface area contributed by atoms with Crippen molar-refractivity contribution in [3.05, 3.63) is 65.6 Å². The van der Waals surface area contributed by atoms with Crippen molar-refractivity contribution >= 4 is 22.7 Å². The number of primary amides is 1. The first kappa shape index (κ1) is 18.1. The summed E-state index contributed by atoms with van der Waals surface area (Å²) in [4.78, 5) is 30.1. The number of fused-ring (bicyclic) bond motifs is 1. The van der Waals surface area contributed by atoms with E-state index in [0.717, 1.165) is 41.5 Å². The summed E-state index contributed by atoms with van der Waals surface area (Å²) in [6.07, 6.45) is 2.54. The van der Waals surface area contributed by atoms with Crippen LogP contribution < -0.4 is 5.73 Å². The molecule has 0 spiro atoms. The van der Waals surface area contributed by atoms with Crippen molar-refractivity contribution in [1.82, 2.24) is 9.88 Å². The molecule has 2 N–H and O–H groups in total. The highest BCUT2D eigenvalue weighted by Crippen LogP contribution is 2.30. The van der Waals surface area contributed by atoms with Crippen LogP contribution in [0, 0.1) is 5.82 Å². The van der Waals surface area contributed by atoms with E-state index in [4.69, 9.17) is 5.73 Å². The molecule has 1 aromatic heterocycles. The van der Waals surface area contributed by atoms with Crippen LogP contribution in [-0.4, -0.2) is 28.2 Å². The largest absolute Gasteiger partial charge is 0.364 e. The highest BCUT2D eigenvalue weighted by atomic mass is 19.1. The first-order valence-corrected chi connectivity index (χ1v) is 9.28. The Balaban J connectivity index is 1.78. The quantitative estimate of drug-likeness (QED) is 0.754. The molecule has 2 aromatic carbocycles. The maximum Gasteiger partial charge on any atom is 0.267 e. The van der Waals surface area contributed by atoms with Gasteiger partial charge in [0.15, 0.2) is 0 Å². The number of benzene rings is 2. The number of rotatable bonds is 4. The Kier molecular flexibility index (Phi) is 4.77. The van der Waals surface area contributed by atoms with Crippen LogP contribution in [0.2, 0.25) is 0 Å². The summed E-state index contributed by atoms with van der Waals surface area (Å²) in [6, 6.07) is 13.5. The van der Waals surface area contributed by atoms with Crippen molar-refractivity contribution in [2.45, 2.75) is 25.8 Å². The van der Waals surface area contributed by atoms with Gasteiger partial charge in [-0.3, -0.25) is 9.59 Å². The number of piperidine rings is 1. The van der Waals surface area contributed by atoms with Gasteiger partial charge in [0.25, 0.3) is 5.91 Å². The zero-order valence-electron chi connectivity index (χ0n) is 15.3. The van der Waals surface area contributed by atoms with Gasteiger partial charge in [-0.2, -0.15) is 0 Å². The number of hydrogen-bond acceptors (Lipinski definition) is 3. The van der Waals surface area contributed by atoms with Crippen molar-refractivity contribution < 1.29 is 14.0 Å². The zero-order chi connectivity index (χ0) is 19.7. The minimum absolute atomic E-state index is 0.151. The monoisotopic (exact) mass is 377 g/mol. The molecule has 2 heterocycles. The summed E-state index contributed by atoms with van der Waals surface area (Å²) >= 11 is 0. The zero-order valence-corrected chi connectivity index (χ0v) is 15.3. The third kappa shape index (κ3) is 3.58. The molecular formula is C22H20FN3O2. The number of pyridine rings is 1. The molecule has 142 valence electrons. The third-order valence-electron chi connectivity index (χ3n) is 5.08. The Morgan fingerprint density at radius 3 is 2.61 bits per heavy atom. The van der Waals surface area contributed by atoms with Gasteiger partial charge in [-0.25, -0.2) is 9.37 Å². The lowest BCUT2D eigenvalue weighted by molar-refractivity contribution is -0.133. The standard InChI is InChI=1S/C22H20FN3O2/c23-16-7-5-15(6-8-16)18-12-20(22(24)28)25-19-11-14(4-9-17(18)19)13-26-10-2-1-3-21(26)27/h4-9,11-12H,1-3,10,13H2,(H2,24,28). The van der Waals surface area contributed by atoms with E-state index in [1.165, 1.54) is 12.1 Å². The smallest absolute Gasteiger partial charge is 0.267 e. The molecule has 5 nitrogen and oxygen atoms in total. The van der Waals surface area contributed by atoms with Gasteiger partial charge >= 0.3 is 0 Å². The van der Waals surface area contributed by atoms with Crippen LogP contribution in [0.4, 0.5) is 4.39 Å². The lowest BCUT2D eigenvalue weighted by Crippen LogP contribution is -2.34. The minimum atomic E-state index is -0.623. The van der Waals surface area contributed by atoms with Crippen molar-refractivity contribution in [3.63, 3.8) is 0 Å².